The molecule has 1 atom stereocenters. The lowest BCUT2D eigenvalue weighted by molar-refractivity contribution is -0.137. The van der Waals surface area contributed by atoms with Crippen LogP contribution in [0.5, 0.6) is 0 Å². The second kappa shape index (κ2) is 7.09. The third-order valence-electron chi connectivity index (χ3n) is 3.51. The van der Waals surface area contributed by atoms with Gasteiger partial charge in [-0.15, -0.1) is 0 Å². The largest absolute Gasteiger partial charge is 0.416 e. The van der Waals surface area contributed by atoms with Crippen LogP contribution in [0.4, 0.5) is 13.2 Å². The van der Waals surface area contributed by atoms with Crippen LogP contribution in [0.1, 0.15) is 37.9 Å². The monoisotopic (exact) mass is 288 g/mol. The lowest BCUT2D eigenvalue weighted by Crippen LogP contribution is -2.34. The number of nitrogens with one attached hydrogen (secondary N) is 1. The van der Waals surface area contributed by atoms with E-state index in [1.807, 2.05) is 14.0 Å². The molecule has 1 rings (SSSR count). The van der Waals surface area contributed by atoms with Crippen molar-refractivity contribution in [2.24, 2.45) is 0 Å². The molecule has 0 aliphatic rings. The summed E-state index contributed by atoms with van der Waals surface area (Å²) < 4.78 is 38.0. The van der Waals surface area contributed by atoms with Crippen LogP contribution in [0.2, 0.25) is 0 Å². The molecule has 0 spiro atoms. The van der Waals surface area contributed by atoms with Gasteiger partial charge in [-0.2, -0.15) is 13.2 Å². The van der Waals surface area contributed by atoms with Crippen LogP contribution in [0, 0.1) is 0 Å². The predicted octanol–water partition coefficient (Wildman–Crippen LogP) is 3.70. The average Bonchev–Trinajstić information content (AvgIpc) is 2.37. The lowest BCUT2D eigenvalue weighted by atomic mass is 10.0. The van der Waals surface area contributed by atoms with Gasteiger partial charge in [-0.25, -0.2) is 0 Å². The van der Waals surface area contributed by atoms with Crippen molar-refractivity contribution < 1.29 is 13.2 Å². The Morgan fingerprint density at radius 2 is 1.85 bits per heavy atom. The molecule has 0 bridgehead atoms. The number of benzene rings is 1. The van der Waals surface area contributed by atoms with E-state index in [-0.39, 0.29) is 6.04 Å². The molecule has 5 heteroatoms. The minimum atomic E-state index is -4.28. The summed E-state index contributed by atoms with van der Waals surface area (Å²) in [7, 11) is 2.03. The van der Waals surface area contributed by atoms with Gasteiger partial charge in [0.25, 0.3) is 0 Å². The van der Waals surface area contributed by atoms with Gasteiger partial charge in [-0.1, -0.05) is 12.1 Å². The second-order valence-electron chi connectivity index (χ2n) is 5.37. The SMILES string of the molecule is CC(NCCN(C)C(C)C)c1cccc(C(F)(F)F)c1. The molecule has 0 aliphatic carbocycles. The molecule has 1 aromatic rings. The zero-order valence-electron chi connectivity index (χ0n) is 12.5. The van der Waals surface area contributed by atoms with Crippen molar-refractivity contribution in [2.75, 3.05) is 20.1 Å². The quantitative estimate of drug-likeness (QED) is 0.858. The summed E-state index contributed by atoms with van der Waals surface area (Å²) >= 11 is 0. The van der Waals surface area contributed by atoms with Crippen LogP contribution in [0.3, 0.4) is 0 Å². The second-order valence-corrected chi connectivity index (χ2v) is 5.37. The van der Waals surface area contributed by atoms with Crippen molar-refractivity contribution in [3.8, 4) is 0 Å². The standard InChI is InChI=1S/C15H23F3N2/c1-11(2)20(4)9-8-19-12(3)13-6-5-7-14(10-13)15(16,17)18/h5-7,10-12,19H,8-9H2,1-4H3. The molecule has 2 nitrogen and oxygen atoms in total. The van der Waals surface area contributed by atoms with Crippen LogP contribution in [-0.4, -0.2) is 31.1 Å². The molecule has 0 aromatic heterocycles. The van der Waals surface area contributed by atoms with Crippen molar-refractivity contribution in [3.63, 3.8) is 0 Å². The van der Waals surface area contributed by atoms with E-state index >= 15 is 0 Å². The molecular formula is C15H23F3N2. The molecule has 1 unspecified atom stereocenters. The first-order valence-corrected chi connectivity index (χ1v) is 6.82. The summed E-state index contributed by atoms with van der Waals surface area (Å²) in [5.41, 5.74) is 0.0648. The van der Waals surface area contributed by atoms with Gasteiger partial charge in [0.1, 0.15) is 0 Å². The van der Waals surface area contributed by atoms with E-state index in [0.29, 0.717) is 11.6 Å². The Hall–Kier alpha value is -1.07. The zero-order chi connectivity index (χ0) is 15.3. The lowest BCUT2D eigenvalue weighted by Gasteiger charge is -2.23. The maximum Gasteiger partial charge on any atom is 0.416 e. The molecule has 1 N–H and O–H groups in total. The highest BCUT2D eigenvalue weighted by atomic mass is 19.4. The number of nitrogens with zero attached hydrogens (tertiary/aromatic N) is 1. The molecule has 0 amide bonds. The van der Waals surface area contributed by atoms with Crippen LogP contribution in [0.15, 0.2) is 24.3 Å². The van der Waals surface area contributed by atoms with Gasteiger partial charge in [0, 0.05) is 25.2 Å². The smallest absolute Gasteiger partial charge is 0.309 e. The van der Waals surface area contributed by atoms with Crippen molar-refractivity contribution in [3.05, 3.63) is 35.4 Å². The summed E-state index contributed by atoms with van der Waals surface area (Å²) in [6.45, 7) is 7.70. The van der Waals surface area contributed by atoms with Crippen molar-refractivity contribution in [2.45, 2.75) is 39.0 Å². The van der Waals surface area contributed by atoms with Crippen molar-refractivity contribution in [1.82, 2.24) is 10.2 Å². The minimum Gasteiger partial charge on any atom is -0.309 e. The molecule has 0 aliphatic heterocycles. The maximum atomic E-state index is 12.7. The van der Waals surface area contributed by atoms with Crippen LogP contribution < -0.4 is 5.32 Å². The molecule has 114 valence electrons. The van der Waals surface area contributed by atoms with Crippen LogP contribution in [0.25, 0.3) is 0 Å². The van der Waals surface area contributed by atoms with E-state index < -0.39 is 11.7 Å². The van der Waals surface area contributed by atoms with Gasteiger partial charge in [-0.3, -0.25) is 0 Å². The van der Waals surface area contributed by atoms with Crippen molar-refractivity contribution in [1.29, 1.82) is 0 Å². The number of hydrogen-bond donors (Lipinski definition) is 1. The molecule has 0 saturated heterocycles. The molecule has 1 aromatic carbocycles. The number of halogens is 3. The number of rotatable bonds is 6. The topological polar surface area (TPSA) is 15.3 Å². The zero-order valence-corrected chi connectivity index (χ0v) is 12.5. The highest BCUT2D eigenvalue weighted by Crippen LogP contribution is 2.30. The number of likely N-dealkylation sites (N-methyl/N-ethyl adjacent to an activating group) is 1. The third-order valence-corrected chi connectivity index (χ3v) is 3.51. The van der Waals surface area contributed by atoms with Gasteiger partial charge in [0.05, 0.1) is 5.56 Å². The molecule has 0 heterocycles. The first-order chi connectivity index (χ1) is 9.21. The average molecular weight is 288 g/mol. The molecule has 0 fully saturated rings. The fourth-order valence-electron chi connectivity index (χ4n) is 1.82. The van der Waals surface area contributed by atoms with Crippen molar-refractivity contribution >= 4 is 0 Å². The summed E-state index contributed by atoms with van der Waals surface area (Å²) in [5.74, 6) is 0. The van der Waals surface area contributed by atoms with Gasteiger partial charge >= 0.3 is 6.18 Å². The third kappa shape index (κ3) is 5.13. The van der Waals surface area contributed by atoms with Gasteiger partial charge in [0.15, 0.2) is 0 Å². The first kappa shape index (κ1) is 17.0. The van der Waals surface area contributed by atoms with E-state index in [1.54, 1.807) is 6.07 Å². The fraction of sp³-hybridized carbons (Fsp3) is 0.600. The Morgan fingerprint density at radius 1 is 1.20 bits per heavy atom. The molecule has 0 saturated carbocycles. The Labute approximate surface area is 119 Å². The summed E-state index contributed by atoms with van der Waals surface area (Å²) in [4.78, 5) is 2.19. The molecular weight excluding hydrogens is 265 g/mol. The van der Waals surface area contributed by atoms with Gasteiger partial charge in [0.2, 0.25) is 0 Å². The van der Waals surface area contributed by atoms with E-state index in [1.165, 1.54) is 12.1 Å². The molecule has 20 heavy (non-hydrogen) atoms. The summed E-state index contributed by atoms with van der Waals surface area (Å²) in [6.07, 6.45) is -4.28. The van der Waals surface area contributed by atoms with E-state index in [4.69, 9.17) is 0 Å². The number of alkyl halides is 3. The first-order valence-electron chi connectivity index (χ1n) is 6.82. The minimum absolute atomic E-state index is 0.0992. The van der Waals surface area contributed by atoms with Crippen LogP contribution in [-0.2, 0) is 6.18 Å². The Morgan fingerprint density at radius 3 is 2.40 bits per heavy atom. The number of hydrogen-bond acceptors (Lipinski definition) is 2. The molecule has 0 radical (unpaired) electrons. The van der Waals surface area contributed by atoms with E-state index in [2.05, 4.69) is 24.1 Å². The highest BCUT2D eigenvalue weighted by Gasteiger charge is 2.30. The fourth-order valence-corrected chi connectivity index (χ4v) is 1.82. The summed E-state index contributed by atoms with van der Waals surface area (Å²) in [5, 5.41) is 3.25. The highest BCUT2D eigenvalue weighted by molar-refractivity contribution is 5.27. The van der Waals surface area contributed by atoms with Gasteiger partial charge < -0.3 is 10.2 Å². The predicted molar refractivity (Wildman–Crippen MR) is 75.6 cm³/mol. The van der Waals surface area contributed by atoms with Crippen LogP contribution >= 0.6 is 0 Å². The Bertz CT molecular complexity index is 416. The Kier molecular flexibility index (Phi) is 6.02. The van der Waals surface area contributed by atoms with Gasteiger partial charge in [-0.05, 0) is 45.5 Å². The maximum absolute atomic E-state index is 12.7. The Balaban J connectivity index is 2.58. The summed E-state index contributed by atoms with van der Waals surface area (Å²) in [6, 6.07) is 5.85. The normalized spacial score (nSPS) is 14.1. The van der Waals surface area contributed by atoms with E-state index in [0.717, 1.165) is 19.2 Å². The van der Waals surface area contributed by atoms with E-state index in [9.17, 15) is 13.2 Å².